The van der Waals surface area contributed by atoms with Crippen LogP contribution in [0.15, 0.2) is 11.8 Å². The summed E-state index contributed by atoms with van der Waals surface area (Å²) in [5.41, 5.74) is 2.21. The number of hydrogen-bond acceptors (Lipinski definition) is 0. The van der Waals surface area contributed by atoms with Crippen molar-refractivity contribution in [2.45, 2.75) is 58.7 Å². The highest BCUT2D eigenvalue weighted by molar-refractivity contribution is 6.80. The zero-order chi connectivity index (χ0) is 10.3. The van der Waals surface area contributed by atoms with E-state index in [-0.39, 0.29) is 0 Å². The smallest absolute Gasteiger partial charge is 0.0682 e. The Morgan fingerprint density at radius 2 is 1.83 bits per heavy atom. The van der Waals surface area contributed by atoms with E-state index in [4.69, 9.17) is 1.37 Å². The number of rotatable bonds is 6. The molecule has 0 saturated carbocycles. The van der Waals surface area contributed by atoms with Gasteiger partial charge >= 0.3 is 0 Å². The lowest BCUT2D eigenvalue weighted by Crippen LogP contribution is -2.15. The van der Waals surface area contributed by atoms with E-state index < -0.39 is 8.07 Å². The second kappa shape index (κ2) is 6.47. The topological polar surface area (TPSA) is 0 Å². The van der Waals surface area contributed by atoms with Crippen LogP contribution in [0.3, 0.4) is 0 Å². The van der Waals surface area contributed by atoms with Crippen molar-refractivity contribution in [2.75, 3.05) is 0 Å². The van der Waals surface area contributed by atoms with Crippen molar-refractivity contribution < 1.29 is 1.37 Å². The van der Waals surface area contributed by atoms with Gasteiger partial charge in [-0.05, 0) is 12.8 Å². The van der Waals surface area contributed by atoms with Crippen LogP contribution < -0.4 is 0 Å². The van der Waals surface area contributed by atoms with Crippen LogP contribution in [0.2, 0.25) is 19.6 Å². The van der Waals surface area contributed by atoms with E-state index in [9.17, 15) is 0 Å². The summed E-state index contributed by atoms with van der Waals surface area (Å²) in [4.78, 5) is 0. The van der Waals surface area contributed by atoms with Crippen molar-refractivity contribution >= 4 is 8.07 Å². The van der Waals surface area contributed by atoms with Crippen LogP contribution in [0.4, 0.5) is 0 Å². The predicted octanol–water partition coefficient (Wildman–Crippen LogP) is 4.39. The van der Waals surface area contributed by atoms with Crippen LogP contribution in [0.1, 0.15) is 40.4 Å². The molecule has 0 aliphatic heterocycles. The largest absolute Gasteiger partial charge is 0.0989 e. The van der Waals surface area contributed by atoms with Gasteiger partial charge in [-0.25, -0.2) is 0 Å². The maximum Gasteiger partial charge on any atom is 0.0682 e. The maximum atomic E-state index is 7.76. The second-order valence-corrected chi connectivity index (χ2v) is 9.55. The minimum absolute atomic E-state index is 0.871. The molecule has 0 aliphatic rings. The molecule has 1 heteroatoms. The summed E-state index contributed by atoms with van der Waals surface area (Å²) in [6.45, 7) is 9.08. The van der Waals surface area contributed by atoms with Crippen LogP contribution in [-0.2, 0) is 0 Å². The van der Waals surface area contributed by atoms with E-state index >= 15 is 0 Å². The average molecular weight is 185 g/mol. The third-order valence-corrected chi connectivity index (χ3v) is 2.78. The Morgan fingerprint density at radius 3 is 2.33 bits per heavy atom. The SMILES string of the molecule is [2H]/C(=C/[Si](C)(C)C)CCCCCC. The second-order valence-electron chi connectivity index (χ2n) is 4.53. The first-order valence-corrected chi connectivity index (χ1v) is 8.72. The molecule has 0 aromatic rings. The van der Waals surface area contributed by atoms with Crippen molar-refractivity contribution in [1.82, 2.24) is 0 Å². The minimum Gasteiger partial charge on any atom is -0.0989 e. The maximum absolute atomic E-state index is 7.76. The van der Waals surface area contributed by atoms with Crippen molar-refractivity contribution in [2.24, 2.45) is 0 Å². The molecule has 0 bridgehead atoms. The molecule has 0 unspecified atom stereocenters. The molecule has 0 aliphatic carbocycles. The van der Waals surface area contributed by atoms with Crippen LogP contribution in [0.25, 0.3) is 0 Å². The summed E-state index contributed by atoms with van der Waals surface area (Å²) < 4.78 is 7.76. The normalized spacial score (nSPS) is 14.7. The van der Waals surface area contributed by atoms with Gasteiger partial charge in [-0.1, -0.05) is 57.6 Å². The van der Waals surface area contributed by atoms with Crippen LogP contribution >= 0.6 is 0 Å². The van der Waals surface area contributed by atoms with Gasteiger partial charge in [0.2, 0.25) is 0 Å². The highest BCUT2D eigenvalue weighted by Crippen LogP contribution is 2.06. The lowest BCUT2D eigenvalue weighted by Gasteiger charge is -2.07. The van der Waals surface area contributed by atoms with E-state index in [1.165, 1.54) is 25.7 Å². The molecule has 0 aromatic heterocycles. The molecule has 0 heterocycles. The fourth-order valence-corrected chi connectivity index (χ4v) is 1.79. The van der Waals surface area contributed by atoms with E-state index in [2.05, 4.69) is 32.3 Å². The summed E-state index contributed by atoms with van der Waals surface area (Å²) in [6.07, 6.45) is 6.08. The van der Waals surface area contributed by atoms with Crippen LogP contribution in [0.5, 0.6) is 0 Å². The standard InChI is InChI=1S/C11H24Si/c1-5-6-7-8-9-10-11-12(2,3)4/h10-11H,5-9H2,1-4H3/b11-10-/i10D. The first kappa shape index (κ1) is 10.0. The summed E-state index contributed by atoms with van der Waals surface area (Å²) >= 11 is 0. The molecule has 12 heavy (non-hydrogen) atoms. The van der Waals surface area contributed by atoms with Crippen molar-refractivity contribution in [3.8, 4) is 0 Å². The molecule has 0 spiro atoms. The van der Waals surface area contributed by atoms with Crippen molar-refractivity contribution in [1.29, 1.82) is 0 Å². The van der Waals surface area contributed by atoms with E-state index in [0.717, 1.165) is 12.5 Å². The van der Waals surface area contributed by atoms with Crippen molar-refractivity contribution in [3.63, 3.8) is 0 Å². The lowest BCUT2D eigenvalue weighted by atomic mass is 10.2. The summed E-state index contributed by atoms with van der Waals surface area (Å²) in [5.74, 6) is 0. The minimum atomic E-state index is -1.14. The zero-order valence-electron chi connectivity index (χ0n) is 10.1. The summed E-state index contributed by atoms with van der Waals surface area (Å²) in [5, 5.41) is 0. The molecule has 0 amide bonds. The third kappa shape index (κ3) is 9.96. The number of allylic oxidation sites excluding steroid dienone is 1. The fraction of sp³-hybridized carbons (Fsp3) is 0.818. The summed E-state index contributed by atoms with van der Waals surface area (Å²) in [7, 11) is -1.14. The average Bonchev–Trinajstić information content (AvgIpc) is 1.94. The molecule has 0 nitrogen and oxygen atoms in total. The third-order valence-electron chi connectivity index (χ3n) is 1.71. The van der Waals surface area contributed by atoms with Crippen LogP contribution in [-0.4, -0.2) is 8.07 Å². The molecule has 0 atom stereocenters. The molecule has 72 valence electrons. The van der Waals surface area contributed by atoms with Gasteiger partial charge in [-0.15, -0.1) is 0 Å². The summed E-state index contributed by atoms with van der Waals surface area (Å²) in [6, 6.07) is 0.871. The predicted molar refractivity (Wildman–Crippen MR) is 61.2 cm³/mol. The molecular weight excluding hydrogens is 160 g/mol. The Bertz CT molecular complexity index is 156. The number of unbranched alkanes of at least 4 members (excludes halogenated alkanes) is 3. The van der Waals surface area contributed by atoms with Gasteiger partial charge in [-0.3, -0.25) is 0 Å². The van der Waals surface area contributed by atoms with E-state index in [0.29, 0.717) is 0 Å². The highest BCUT2D eigenvalue weighted by Gasteiger charge is 2.05. The van der Waals surface area contributed by atoms with E-state index in [1.54, 1.807) is 0 Å². The Kier molecular flexibility index (Phi) is 5.41. The highest BCUT2D eigenvalue weighted by atomic mass is 28.3. The molecule has 0 N–H and O–H groups in total. The molecule has 0 aromatic carbocycles. The van der Waals surface area contributed by atoms with Gasteiger partial charge in [0.15, 0.2) is 0 Å². The Labute approximate surface area is 80.5 Å². The molecular formula is C11H24Si. The Morgan fingerprint density at radius 1 is 1.17 bits per heavy atom. The Hall–Kier alpha value is -0.0431. The van der Waals surface area contributed by atoms with Crippen molar-refractivity contribution in [3.05, 3.63) is 11.8 Å². The Balaban J connectivity index is 3.62. The molecule has 0 fully saturated rings. The first-order chi connectivity index (χ1) is 5.95. The van der Waals surface area contributed by atoms with Gasteiger partial charge in [0.25, 0.3) is 0 Å². The van der Waals surface area contributed by atoms with Crippen LogP contribution in [0, 0.1) is 0 Å². The van der Waals surface area contributed by atoms with Gasteiger partial charge in [0.1, 0.15) is 0 Å². The fourth-order valence-electron chi connectivity index (χ4n) is 1.03. The van der Waals surface area contributed by atoms with Gasteiger partial charge in [-0.2, -0.15) is 0 Å². The molecule has 0 rings (SSSR count). The quantitative estimate of drug-likeness (QED) is 0.425. The van der Waals surface area contributed by atoms with E-state index in [1.807, 2.05) is 0 Å². The zero-order valence-corrected chi connectivity index (χ0v) is 10.1. The first-order valence-electron chi connectivity index (χ1n) is 5.64. The van der Waals surface area contributed by atoms with Gasteiger partial charge in [0.05, 0.1) is 9.44 Å². The number of hydrogen-bond donors (Lipinski definition) is 0. The molecule has 0 radical (unpaired) electrons. The van der Waals surface area contributed by atoms with Gasteiger partial charge in [0, 0.05) is 0 Å². The lowest BCUT2D eigenvalue weighted by molar-refractivity contribution is 0.674. The monoisotopic (exact) mass is 185 g/mol. The van der Waals surface area contributed by atoms with Gasteiger partial charge < -0.3 is 0 Å². The molecule has 0 saturated heterocycles.